The van der Waals surface area contributed by atoms with Crippen LogP contribution in [0.15, 0.2) is 24.3 Å². The number of benzene rings is 1. The second kappa shape index (κ2) is 4.42. The lowest BCUT2D eigenvalue weighted by Gasteiger charge is -2.37. The van der Waals surface area contributed by atoms with E-state index in [0.29, 0.717) is 12.1 Å². The molecule has 0 aliphatic heterocycles. The van der Waals surface area contributed by atoms with E-state index < -0.39 is 11.1 Å². The Labute approximate surface area is 96.6 Å². The van der Waals surface area contributed by atoms with Crippen LogP contribution >= 0.6 is 0 Å². The molecule has 2 N–H and O–H groups in total. The van der Waals surface area contributed by atoms with Gasteiger partial charge in [0, 0.05) is 12.0 Å². The highest BCUT2D eigenvalue weighted by Crippen LogP contribution is 2.42. The van der Waals surface area contributed by atoms with Crippen LogP contribution in [0.5, 0.6) is 5.75 Å². The van der Waals surface area contributed by atoms with Gasteiger partial charge in [-0.3, -0.25) is 0 Å². The summed E-state index contributed by atoms with van der Waals surface area (Å²) in [6.07, 6.45) is 0. The topological polar surface area (TPSA) is 35.2 Å². The van der Waals surface area contributed by atoms with Crippen molar-refractivity contribution in [1.29, 1.82) is 0 Å². The van der Waals surface area contributed by atoms with Gasteiger partial charge >= 0.3 is 0 Å². The zero-order valence-electron chi connectivity index (χ0n) is 10.4. The lowest BCUT2D eigenvalue weighted by molar-refractivity contribution is 0.0371. The summed E-state index contributed by atoms with van der Waals surface area (Å²) < 4.78 is 19.8. The largest absolute Gasteiger partial charge is 0.497 e. The molecule has 3 heteroatoms. The minimum absolute atomic E-state index is 0.298. The molecular weight excluding hydrogens is 205 g/mol. The quantitative estimate of drug-likeness (QED) is 0.855. The van der Waals surface area contributed by atoms with Crippen molar-refractivity contribution in [1.82, 2.24) is 0 Å². The summed E-state index contributed by atoms with van der Waals surface area (Å²) in [5, 5.41) is 0. The van der Waals surface area contributed by atoms with Crippen LogP contribution in [0.1, 0.15) is 26.3 Å². The summed E-state index contributed by atoms with van der Waals surface area (Å²) >= 11 is 0. The average Bonchev–Trinajstić information content (AvgIpc) is 2.29. The number of methoxy groups -OCH3 is 1. The maximum Gasteiger partial charge on any atom is 0.139 e. The fourth-order valence-electron chi connectivity index (χ4n) is 1.49. The van der Waals surface area contributed by atoms with E-state index in [1.54, 1.807) is 38.3 Å². The lowest BCUT2D eigenvalue weighted by Crippen LogP contribution is -2.41. The summed E-state index contributed by atoms with van der Waals surface area (Å²) in [5.74, 6) is 0.727. The normalized spacial score (nSPS) is 15.6. The first-order chi connectivity index (χ1) is 7.35. The number of nitrogens with two attached hydrogens (primary N) is 1. The summed E-state index contributed by atoms with van der Waals surface area (Å²) in [6, 6.07) is 7.02. The molecule has 0 amide bonds. The molecule has 1 atom stereocenters. The van der Waals surface area contributed by atoms with Crippen LogP contribution in [0.4, 0.5) is 4.39 Å². The monoisotopic (exact) mass is 225 g/mol. The molecule has 0 bridgehead atoms. The molecule has 1 aromatic rings. The fourth-order valence-corrected chi connectivity index (χ4v) is 1.49. The second-order valence-corrected chi connectivity index (χ2v) is 4.82. The van der Waals surface area contributed by atoms with Crippen molar-refractivity contribution >= 4 is 0 Å². The molecule has 0 saturated carbocycles. The molecule has 90 valence electrons. The Hall–Kier alpha value is -1.09. The Balaban J connectivity index is 3.07. The summed E-state index contributed by atoms with van der Waals surface area (Å²) in [4.78, 5) is 0. The summed E-state index contributed by atoms with van der Waals surface area (Å²) in [5.41, 5.74) is 4.20. The number of halogens is 1. The lowest BCUT2D eigenvalue weighted by atomic mass is 9.73. The number of alkyl halides is 1. The third kappa shape index (κ3) is 2.19. The van der Waals surface area contributed by atoms with Gasteiger partial charge in [-0.25, -0.2) is 4.39 Å². The Bertz CT molecular complexity index is 343. The SMILES string of the molecule is COc1ccc(C(C)(F)C(C)(C)CN)cc1. The van der Waals surface area contributed by atoms with Gasteiger partial charge in [-0.15, -0.1) is 0 Å². The third-order valence-corrected chi connectivity index (χ3v) is 3.41. The first-order valence-corrected chi connectivity index (χ1v) is 5.38. The molecule has 1 rings (SSSR count). The molecule has 0 aliphatic carbocycles. The molecule has 0 heterocycles. The van der Waals surface area contributed by atoms with E-state index in [2.05, 4.69) is 0 Å². The van der Waals surface area contributed by atoms with Crippen molar-refractivity contribution in [3.05, 3.63) is 29.8 Å². The molecule has 1 aromatic carbocycles. The van der Waals surface area contributed by atoms with Crippen LogP contribution < -0.4 is 10.5 Å². The van der Waals surface area contributed by atoms with Gasteiger partial charge in [0.2, 0.25) is 0 Å². The van der Waals surface area contributed by atoms with Crippen molar-refractivity contribution in [3.63, 3.8) is 0 Å². The van der Waals surface area contributed by atoms with Crippen LogP contribution in [-0.4, -0.2) is 13.7 Å². The van der Waals surface area contributed by atoms with E-state index in [1.807, 2.05) is 13.8 Å². The molecule has 2 nitrogen and oxygen atoms in total. The van der Waals surface area contributed by atoms with Crippen molar-refractivity contribution in [3.8, 4) is 5.75 Å². The van der Waals surface area contributed by atoms with Gasteiger partial charge in [-0.05, 0) is 24.6 Å². The Morgan fingerprint density at radius 3 is 2.06 bits per heavy atom. The van der Waals surface area contributed by atoms with Crippen molar-refractivity contribution in [2.75, 3.05) is 13.7 Å². The molecule has 0 aromatic heterocycles. The van der Waals surface area contributed by atoms with Crippen LogP contribution in [0.3, 0.4) is 0 Å². The highest BCUT2D eigenvalue weighted by atomic mass is 19.1. The Morgan fingerprint density at radius 1 is 1.19 bits per heavy atom. The van der Waals surface area contributed by atoms with Crippen molar-refractivity contribution in [2.45, 2.75) is 26.4 Å². The zero-order valence-corrected chi connectivity index (χ0v) is 10.4. The molecule has 0 spiro atoms. The number of hydrogen-bond donors (Lipinski definition) is 1. The van der Waals surface area contributed by atoms with Gasteiger partial charge in [-0.1, -0.05) is 26.0 Å². The summed E-state index contributed by atoms with van der Waals surface area (Å²) in [7, 11) is 1.59. The van der Waals surface area contributed by atoms with Crippen LogP contribution in [0.25, 0.3) is 0 Å². The molecule has 0 aliphatic rings. The predicted molar refractivity (Wildman–Crippen MR) is 64.3 cm³/mol. The molecular formula is C13H20FNO. The molecule has 0 fully saturated rings. The molecule has 0 saturated heterocycles. The Morgan fingerprint density at radius 2 is 1.69 bits per heavy atom. The first kappa shape index (κ1) is 13.0. The van der Waals surface area contributed by atoms with Gasteiger partial charge in [0.1, 0.15) is 11.4 Å². The minimum Gasteiger partial charge on any atom is -0.497 e. The highest BCUT2D eigenvalue weighted by Gasteiger charge is 2.41. The van der Waals surface area contributed by atoms with Gasteiger partial charge in [0.15, 0.2) is 0 Å². The van der Waals surface area contributed by atoms with Crippen molar-refractivity contribution < 1.29 is 9.13 Å². The number of ether oxygens (including phenoxy) is 1. The minimum atomic E-state index is -1.45. The molecule has 1 unspecified atom stereocenters. The third-order valence-electron chi connectivity index (χ3n) is 3.41. The smallest absolute Gasteiger partial charge is 0.139 e. The van der Waals surface area contributed by atoms with E-state index in [-0.39, 0.29) is 0 Å². The molecule has 0 radical (unpaired) electrons. The zero-order chi connectivity index (χ0) is 12.4. The van der Waals surface area contributed by atoms with Gasteiger partial charge < -0.3 is 10.5 Å². The van der Waals surface area contributed by atoms with Crippen LogP contribution in [0.2, 0.25) is 0 Å². The maximum absolute atomic E-state index is 14.7. The van der Waals surface area contributed by atoms with Gasteiger partial charge in [0.25, 0.3) is 0 Å². The van der Waals surface area contributed by atoms with Crippen LogP contribution in [-0.2, 0) is 5.67 Å². The van der Waals surface area contributed by atoms with Gasteiger partial charge in [0.05, 0.1) is 7.11 Å². The first-order valence-electron chi connectivity index (χ1n) is 5.38. The highest BCUT2D eigenvalue weighted by molar-refractivity contribution is 5.31. The average molecular weight is 225 g/mol. The van der Waals surface area contributed by atoms with E-state index >= 15 is 0 Å². The Kier molecular flexibility index (Phi) is 3.58. The second-order valence-electron chi connectivity index (χ2n) is 4.82. The maximum atomic E-state index is 14.7. The standard InChI is InChI=1S/C13H20FNO/c1-12(2,9-15)13(3,14)10-5-7-11(16-4)8-6-10/h5-8H,9,15H2,1-4H3. The number of rotatable bonds is 4. The van der Waals surface area contributed by atoms with E-state index in [0.717, 1.165) is 5.75 Å². The number of hydrogen-bond acceptors (Lipinski definition) is 2. The fraction of sp³-hybridized carbons (Fsp3) is 0.538. The molecule has 16 heavy (non-hydrogen) atoms. The van der Waals surface area contributed by atoms with Crippen molar-refractivity contribution in [2.24, 2.45) is 11.1 Å². The predicted octanol–water partition coefficient (Wildman–Crippen LogP) is 2.86. The van der Waals surface area contributed by atoms with Gasteiger partial charge in [-0.2, -0.15) is 0 Å². The summed E-state index contributed by atoms with van der Waals surface area (Å²) in [6.45, 7) is 5.53. The van der Waals surface area contributed by atoms with E-state index in [9.17, 15) is 4.39 Å². The van der Waals surface area contributed by atoms with E-state index in [1.165, 1.54) is 0 Å². The van der Waals surface area contributed by atoms with Crippen LogP contribution in [0, 0.1) is 5.41 Å². The van der Waals surface area contributed by atoms with E-state index in [4.69, 9.17) is 10.5 Å².